The van der Waals surface area contributed by atoms with Gasteiger partial charge in [0, 0.05) is 22.3 Å². The zero-order chi connectivity index (χ0) is 31.5. The minimum atomic E-state index is -2.98. The van der Waals surface area contributed by atoms with Crippen molar-refractivity contribution in [3.8, 4) is 16.9 Å². The number of ketones is 5. The molecule has 226 valence electrons. The predicted octanol–water partition coefficient (Wildman–Crippen LogP) is 3.78. The van der Waals surface area contributed by atoms with E-state index in [2.05, 4.69) is 0 Å². The molecule has 6 rings (SSSR count). The second-order valence-corrected chi connectivity index (χ2v) is 13.9. The molecule has 0 aromatic heterocycles. The van der Waals surface area contributed by atoms with Gasteiger partial charge >= 0.3 is 0 Å². The Balaban J connectivity index is 1.57. The lowest BCUT2D eigenvalue weighted by molar-refractivity contribution is -0.240. The van der Waals surface area contributed by atoms with Gasteiger partial charge in [0.2, 0.25) is 0 Å². The molecular formula is C35H38O8. The second kappa shape index (κ2) is 9.26. The van der Waals surface area contributed by atoms with Crippen molar-refractivity contribution in [1.82, 2.24) is 0 Å². The molecule has 0 heterocycles. The smallest absolute Gasteiger partial charge is 0.191 e. The summed E-state index contributed by atoms with van der Waals surface area (Å²) in [6, 6.07) is 9.37. The highest BCUT2D eigenvalue weighted by Gasteiger charge is 2.80. The number of fused-ring (bicyclic) bond motifs is 4. The lowest BCUT2D eigenvalue weighted by atomic mass is 9.37. The normalized spacial score (nSPS) is 36.7. The molecule has 2 fully saturated rings. The van der Waals surface area contributed by atoms with Crippen LogP contribution in [0.5, 0.6) is 5.75 Å². The number of hydrogen-bond acceptors (Lipinski definition) is 8. The number of Topliss-reactive ketones (excluding diaryl/α,β-unsaturated/α-hetero) is 5. The number of rotatable bonds is 3. The van der Waals surface area contributed by atoms with E-state index in [1.807, 2.05) is 18.2 Å². The first-order chi connectivity index (χ1) is 20.1. The van der Waals surface area contributed by atoms with E-state index in [9.17, 15) is 39.3 Å². The van der Waals surface area contributed by atoms with E-state index >= 15 is 0 Å². The number of aliphatic hydroxyl groups excluding tert-OH is 1. The maximum Gasteiger partial charge on any atom is 0.191 e. The molecule has 2 aromatic carbocycles. The fourth-order valence-electron chi connectivity index (χ4n) is 9.33. The van der Waals surface area contributed by atoms with Gasteiger partial charge in [-0.3, -0.25) is 24.0 Å². The largest absolute Gasteiger partial charge is 0.507 e. The van der Waals surface area contributed by atoms with Crippen LogP contribution in [0.15, 0.2) is 30.3 Å². The summed E-state index contributed by atoms with van der Waals surface area (Å²) in [7, 11) is 0. The average molecular weight is 587 g/mol. The maximum atomic E-state index is 14.6. The zero-order valence-corrected chi connectivity index (χ0v) is 25.4. The van der Waals surface area contributed by atoms with Gasteiger partial charge in [-0.15, -0.1) is 0 Å². The van der Waals surface area contributed by atoms with E-state index < -0.39 is 81.0 Å². The fraction of sp³-hybridized carbons (Fsp3) is 0.514. The van der Waals surface area contributed by atoms with E-state index in [4.69, 9.17) is 0 Å². The highest BCUT2D eigenvalue weighted by Crippen LogP contribution is 2.66. The molecule has 4 aliphatic carbocycles. The standard InChI is InChI=1S/C35H38O8/c1-15(2)25-28(38)23(17(4)36)30(40)35(43)31(41)26-29(39)24-21(16(3)33(26,5)32(42)34(25,35)6)12-13-22(27(24)37)20-11-10-18-8-7-9-19(18)14-20/h10-16,23,25-26,32,37,42-43H,7-9H2,1-6H3/t16-,23?,25?,26?,32-,33+,34+,35+/m1/s1. The van der Waals surface area contributed by atoms with Gasteiger partial charge in [0.15, 0.2) is 28.7 Å². The Morgan fingerprint density at radius 1 is 0.977 bits per heavy atom. The van der Waals surface area contributed by atoms with Crippen LogP contribution in [0.4, 0.5) is 0 Å². The van der Waals surface area contributed by atoms with E-state index in [-0.39, 0.29) is 11.3 Å². The van der Waals surface area contributed by atoms with E-state index in [0.29, 0.717) is 11.1 Å². The van der Waals surface area contributed by atoms with Gasteiger partial charge in [-0.2, -0.15) is 0 Å². The number of aliphatic hydroxyl groups is 2. The number of carbonyl (C=O) groups is 5. The highest BCUT2D eigenvalue weighted by molar-refractivity contribution is 6.33. The molecule has 4 aliphatic rings. The molecule has 2 saturated carbocycles. The lowest BCUT2D eigenvalue weighted by Crippen LogP contribution is -2.81. The Bertz CT molecular complexity index is 1650. The molecule has 43 heavy (non-hydrogen) atoms. The third-order valence-electron chi connectivity index (χ3n) is 11.6. The molecule has 0 radical (unpaired) electrons. The second-order valence-electron chi connectivity index (χ2n) is 13.9. The number of phenolic OH excluding ortho intramolecular Hbond substituents is 1. The molecule has 0 bridgehead atoms. The molecule has 3 N–H and O–H groups in total. The van der Waals surface area contributed by atoms with Crippen molar-refractivity contribution in [3.05, 3.63) is 52.6 Å². The van der Waals surface area contributed by atoms with E-state index in [1.54, 1.807) is 39.8 Å². The first kappa shape index (κ1) is 29.6. The Labute approximate surface area is 250 Å². The van der Waals surface area contributed by atoms with E-state index in [0.717, 1.165) is 31.7 Å². The van der Waals surface area contributed by atoms with Gasteiger partial charge in [-0.25, -0.2) is 0 Å². The summed E-state index contributed by atoms with van der Waals surface area (Å²) >= 11 is 0. The summed E-state index contributed by atoms with van der Waals surface area (Å²) in [5.74, 6) is -11.1. The van der Waals surface area contributed by atoms with Crippen molar-refractivity contribution >= 4 is 28.9 Å². The van der Waals surface area contributed by atoms with Crippen molar-refractivity contribution in [1.29, 1.82) is 0 Å². The minimum absolute atomic E-state index is 0.0800. The summed E-state index contributed by atoms with van der Waals surface area (Å²) in [5, 5.41) is 36.1. The van der Waals surface area contributed by atoms with Crippen molar-refractivity contribution < 1.29 is 39.3 Å². The SMILES string of the molecule is CC(=O)C1C(=O)C(C(C)C)[C@@]2(C)[C@H](O)[C@]3(C)C(C(=O)c4c(ccc(-c5ccc6c(c5)CCC6)c4O)[C@H]3C)C(=O)[C@@]2(O)C1=O. The summed E-state index contributed by atoms with van der Waals surface area (Å²) in [6.45, 7) is 9.08. The molecule has 8 heteroatoms. The molecule has 0 amide bonds. The van der Waals surface area contributed by atoms with Crippen LogP contribution >= 0.6 is 0 Å². The van der Waals surface area contributed by atoms with Crippen LogP contribution in [0, 0.1) is 34.5 Å². The highest BCUT2D eigenvalue weighted by atomic mass is 16.3. The summed E-state index contributed by atoms with van der Waals surface area (Å²) in [5.41, 5.74) is -2.61. The quantitative estimate of drug-likeness (QED) is 0.461. The Hall–Kier alpha value is -3.49. The number of phenols is 1. The Morgan fingerprint density at radius 3 is 2.26 bits per heavy atom. The Morgan fingerprint density at radius 2 is 1.63 bits per heavy atom. The first-order valence-electron chi connectivity index (χ1n) is 15.1. The molecule has 0 spiro atoms. The predicted molar refractivity (Wildman–Crippen MR) is 156 cm³/mol. The molecule has 0 saturated heterocycles. The van der Waals surface area contributed by atoms with Gasteiger partial charge in [-0.1, -0.05) is 65.0 Å². The molecule has 2 aromatic rings. The molecule has 8 nitrogen and oxygen atoms in total. The fourth-order valence-corrected chi connectivity index (χ4v) is 9.33. The van der Waals surface area contributed by atoms with Crippen molar-refractivity contribution in [2.24, 2.45) is 34.5 Å². The van der Waals surface area contributed by atoms with Gasteiger partial charge in [0.05, 0.1) is 17.6 Å². The van der Waals surface area contributed by atoms with Crippen LogP contribution in [0.1, 0.15) is 80.9 Å². The molecule has 8 atom stereocenters. The van der Waals surface area contributed by atoms with Crippen LogP contribution in [0.3, 0.4) is 0 Å². The van der Waals surface area contributed by atoms with Gasteiger partial charge in [0.25, 0.3) is 0 Å². The average Bonchev–Trinajstić information content (AvgIpc) is 3.41. The third kappa shape index (κ3) is 3.37. The van der Waals surface area contributed by atoms with Crippen molar-refractivity contribution in [2.75, 3.05) is 0 Å². The molecule has 0 aliphatic heterocycles. The van der Waals surface area contributed by atoms with Crippen LogP contribution in [-0.4, -0.2) is 55.9 Å². The number of aryl methyl sites for hydroxylation is 2. The van der Waals surface area contributed by atoms with Crippen molar-refractivity contribution in [2.45, 2.75) is 78.4 Å². The third-order valence-corrected chi connectivity index (χ3v) is 11.6. The van der Waals surface area contributed by atoms with Gasteiger partial charge in [0.1, 0.15) is 17.5 Å². The topological polar surface area (TPSA) is 146 Å². The van der Waals surface area contributed by atoms with Gasteiger partial charge in [-0.05, 0) is 60.3 Å². The van der Waals surface area contributed by atoms with Crippen LogP contribution < -0.4 is 0 Å². The zero-order valence-electron chi connectivity index (χ0n) is 25.4. The maximum absolute atomic E-state index is 14.6. The van der Waals surface area contributed by atoms with E-state index in [1.165, 1.54) is 18.1 Å². The summed E-state index contributed by atoms with van der Waals surface area (Å²) in [6.07, 6.45) is 1.28. The first-order valence-corrected chi connectivity index (χ1v) is 15.1. The molecular weight excluding hydrogens is 548 g/mol. The number of aromatic hydroxyl groups is 1. The van der Waals surface area contributed by atoms with Crippen molar-refractivity contribution in [3.63, 3.8) is 0 Å². The molecule has 3 unspecified atom stereocenters. The monoisotopic (exact) mass is 586 g/mol. The summed E-state index contributed by atoms with van der Waals surface area (Å²) < 4.78 is 0. The Kier molecular flexibility index (Phi) is 6.37. The van der Waals surface area contributed by atoms with Crippen LogP contribution in [0.25, 0.3) is 11.1 Å². The summed E-state index contributed by atoms with van der Waals surface area (Å²) in [4.78, 5) is 69.2. The van der Waals surface area contributed by atoms with Crippen LogP contribution in [0.2, 0.25) is 0 Å². The number of hydrogen-bond donors (Lipinski definition) is 3. The number of benzene rings is 2. The van der Waals surface area contributed by atoms with Crippen LogP contribution in [-0.2, 0) is 32.0 Å². The number of carbonyl (C=O) groups excluding carboxylic acids is 5. The lowest BCUT2D eigenvalue weighted by Gasteiger charge is -2.65. The van der Waals surface area contributed by atoms with Gasteiger partial charge < -0.3 is 15.3 Å². The minimum Gasteiger partial charge on any atom is -0.507 e.